The molecular weight excluding hydrogens is 244 g/mol. The van der Waals surface area contributed by atoms with Gasteiger partial charge in [0.05, 0.1) is 0 Å². The highest BCUT2D eigenvalue weighted by Crippen LogP contribution is 2.42. The van der Waals surface area contributed by atoms with E-state index in [0.717, 1.165) is 25.7 Å². The Morgan fingerprint density at radius 1 is 1.47 bits per heavy atom. The fourth-order valence-electron chi connectivity index (χ4n) is 3.14. The van der Waals surface area contributed by atoms with E-state index < -0.39 is 11.7 Å². The molecule has 1 saturated carbocycles. The van der Waals surface area contributed by atoms with Gasteiger partial charge in [-0.25, -0.2) is 4.79 Å². The van der Waals surface area contributed by atoms with Crippen LogP contribution in [0.1, 0.15) is 52.9 Å². The largest absolute Gasteiger partial charge is 0.444 e. The molecule has 5 nitrogen and oxygen atoms in total. The molecule has 0 aromatic heterocycles. The van der Waals surface area contributed by atoms with E-state index in [2.05, 4.69) is 10.6 Å². The molecule has 0 radical (unpaired) electrons. The molecule has 2 amide bonds. The molecule has 2 fully saturated rings. The maximum absolute atomic E-state index is 11.7. The molecule has 5 heteroatoms. The highest BCUT2D eigenvalue weighted by molar-refractivity contribution is 5.80. The van der Waals surface area contributed by atoms with Gasteiger partial charge in [0.2, 0.25) is 5.91 Å². The fraction of sp³-hybridized carbons (Fsp3) is 0.857. The smallest absolute Gasteiger partial charge is 0.407 e. The average molecular weight is 268 g/mol. The highest BCUT2D eigenvalue weighted by atomic mass is 16.6. The number of carbonyl (C=O) groups excluding carboxylic acids is 2. The van der Waals surface area contributed by atoms with Crippen LogP contribution in [0.4, 0.5) is 4.79 Å². The summed E-state index contributed by atoms with van der Waals surface area (Å²) in [7, 11) is 0. The van der Waals surface area contributed by atoms with Gasteiger partial charge in [-0.15, -0.1) is 0 Å². The van der Waals surface area contributed by atoms with E-state index in [1.807, 2.05) is 20.8 Å². The third-order valence-corrected chi connectivity index (χ3v) is 3.99. The lowest BCUT2D eigenvalue weighted by Crippen LogP contribution is -2.48. The second kappa shape index (κ2) is 5.02. The van der Waals surface area contributed by atoms with Crippen LogP contribution in [-0.2, 0) is 9.53 Å². The summed E-state index contributed by atoms with van der Waals surface area (Å²) in [6.07, 6.45) is 4.41. The highest BCUT2D eigenvalue weighted by Gasteiger charge is 2.48. The van der Waals surface area contributed by atoms with E-state index in [9.17, 15) is 9.59 Å². The van der Waals surface area contributed by atoms with Gasteiger partial charge in [0.1, 0.15) is 5.60 Å². The van der Waals surface area contributed by atoms with Crippen molar-refractivity contribution in [2.24, 2.45) is 5.41 Å². The number of amides is 2. The maximum atomic E-state index is 11.7. The van der Waals surface area contributed by atoms with Gasteiger partial charge < -0.3 is 15.4 Å². The van der Waals surface area contributed by atoms with Gasteiger partial charge in [0.25, 0.3) is 0 Å². The van der Waals surface area contributed by atoms with Gasteiger partial charge in [0, 0.05) is 24.4 Å². The van der Waals surface area contributed by atoms with Crippen molar-refractivity contribution in [1.29, 1.82) is 0 Å². The molecule has 1 aliphatic heterocycles. The minimum Gasteiger partial charge on any atom is -0.444 e. The molecule has 0 spiro atoms. The van der Waals surface area contributed by atoms with Gasteiger partial charge >= 0.3 is 6.09 Å². The Bertz CT molecular complexity index is 375. The lowest BCUT2D eigenvalue weighted by atomic mass is 9.70. The van der Waals surface area contributed by atoms with Crippen LogP contribution in [0.3, 0.4) is 0 Å². The monoisotopic (exact) mass is 268 g/mol. The Labute approximate surface area is 114 Å². The van der Waals surface area contributed by atoms with E-state index in [-0.39, 0.29) is 17.4 Å². The SMILES string of the molecule is CC(C)(C)OC(=O)NC[C@@]12CCCC[C@@H]1NC(=O)C2. The Balaban J connectivity index is 1.93. The number of rotatable bonds is 2. The number of hydrogen-bond acceptors (Lipinski definition) is 3. The topological polar surface area (TPSA) is 67.4 Å². The zero-order chi connectivity index (χ0) is 14.1. The van der Waals surface area contributed by atoms with E-state index >= 15 is 0 Å². The third kappa shape index (κ3) is 3.39. The first-order chi connectivity index (χ1) is 8.81. The van der Waals surface area contributed by atoms with Crippen LogP contribution in [0.2, 0.25) is 0 Å². The predicted octanol–water partition coefficient (Wildman–Crippen LogP) is 1.96. The van der Waals surface area contributed by atoms with Crippen LogP contribution >= 0.6 is 0 Å². The lowest BCUT2D eigenvalue weighted by molar-refractivity contribution is -0.119. The Morgan fingerprint density at radius 3 is 2.89 bits per heavy atom. The number of nitrogens with one attached hydrogen (secondary N) is 2. The van der Waals surface area contributed by atoms with Crippen molar-refractivity contribution >= 4 is 12.0 Å². The number of hydrogen-bond donors (Lipinski definition) is 2. The minimum atomic E-state index is -0.489. The summed E-state index contributed by atoms with van der Waals surface area (Å²) in [5.41, 5.74) is -0.594. The molecule has 0 aromatic carbocycles. The standard InChI is InChI=1S/C14H24N2O3/c1-13(2,3)19-12(18)15-9-14-7-5-4-6-10(14)16-11(17)8-14/h10H,4-9H2,1-3H3,(H,15,18)(H,16,17)/t10-,14-/m0/s1. The summed E-state index contributed by atoms with van der Waals surface area (Å²) in [5.74, 6) is 0.109. The van der Waals surface area contributed by atoms with Crippen molar-refractivity contribution in [3.63, 3.8) is 0 Å². The van der Waals surface area contributed by atoms with E-state index in [0.29, 0.717) is 13.0 Å². The second-order valence-electron chi connectivity index (χ2n) is 6.76. The summed E-state index contributed by atoms with van der Waals surface area (Å²) in [4.78, 5) is 23.4. The van der Waals surface area contributed by atoms with E-state index in [1.54, 1.807) is 0 Å². The normalized spacial score (nSPS) is 30.5. The Morgan fingerprint density at radius 2 is 2.21 bits per heavy atom. The first-order valence-electron chi connectivity index (χ1n) is 7.07. The van der Waals surface area contributed by atoms with Crippen molar-refractivity contribution < 1.29 is 14.3 Å². The first-order valence-corrected chi connectivity index (χ1v) is 7.07. The minimum absolute atomic E-state index is 0.105. The number of carbonyl (C=O) groups is 2. The van der Waals surface area contributed by atoms with E-state index in [1.165, 1.54) is 0 Å². The number of fused-ring (bicyclic) bond motifs is 1. The van der Waals surface area contributed by atoms with Gasteiger partial charge in [-0.05, 0) is 33.6 Å². The zero-order valence-corrected chi connectivity index (χ0v) is 12.0. The van der Waals surface area contributed by atoms with Crippen molar-refractivity contribution in [2.75, 3.05) is 6.54 Å². The predicted molar refractivity (Wildman–Crippen MR) is 71.7 cm³/mol. The summed E-state index contributed by atoms with van der Waals surface area (Å²) in [6, 6.07) is 0.212. The summed E-state index contributed by atoms with van der Waals surface area (Å²) >= 11 is 0. The van der Waals surface area contributed by atoms with Crippen molar-refractivity contribution in [3.05, 3.63) is 0 Å². The van der Waals surface area contributed by atoms with Crippen molar-refractivity contribution in [1.82, 2.24) is 10.6 Å². The molecular formula is C14H24N2O3. The Kier molecular flexibility index (Phi) is 3.74. The molecule has 19 heavy (non-hydrogen) atoms. The summed E-state index contributed by atoms with van der Waals surface area (Å²) < 4.78 is 5.25. The number of ether oxygens (including phenoxy) is 1. The molecule has 1 saturated heterocycles. The van der Waals surface area contributed by atoms with Crippen LogP contribution < -0.4 is 10.6 Å². The average Bonchev–Trinajstić information content (AvgIpc) is 2.60. The lowest BCUT2D eigenvalue weighted by Gasteiger charge is -2.38. The molecule has 0 aromatic rings. The van der Waals surface area contributed by atoms with Crippen LogP contribution in [0.5, 0.6) is 0 Å². The molecule has 1 heterocycles. The fourth-order valence-corrected chi connectivity index (χ4v) is 3.14. The third-order valence-electron chi connectivity index (χ3n) is 3.99. The van der Waals surface area contributed by atoms with Crippen LogP contribution in [0, 0.1) is 5.41 Å². The van der Waals surface area contributed by atoms with Crippen molar-refractivity contribution in [3.8, 4) is 0 Å². The zero-order valence-electron chi connectivity index (χ0n) is 12.0. The molecule has 2 N–H and O–H groups in total. The molecule has 0 bridgehead atoms. The van der Waals surface area contributed by atoms with Crippen molar-refractivity contribution in [2.45, 2.75) is 64.5 Å². The van der Waals surface area contributed by atoms with Gasteiger partial charge in [-0.1, -0.05) is 12.8 Å². The molecule has 1 aliphatic carbocycles. The molecule has 0 unspecified atom stereocenters. The molecule has 108 valence electrons. The van der Waals surface area contributed by atoms with Crippen LogP contribution in [-0.4, -0.2) is 30.2 Å². The second-order valence-corrected chi connectivity index (χ2v) is 6.76. The van der Waals surface area contributed by atoms with Gasteiger partial charge in [-0.2, -0.15) is 0 Å². The van der Waals surface area contributed by atoms with Crippen LogP contribution in [0.25, 0.3) is 0 Å². The molecule has 2 rings (SSSR count). The summed E-state index contributed by atoms with van der Waals surface area (Å²) in [5, 5.41) is 5.88. The van der Waals surface area contributed by atoms with Gasteiger partial charge in [0.15, 0.2) is 0 Å². The molecule has 2 atom stereocenters. The van der Waals surface area contributed by atoms with Crippen LogP contribution in [0.15, 0.2) is 0 Å². The quantitative estimate of drug-likeness (QED) is 0.804. The summed E-state index contributed by atoms with van der Waals surface area (Å²) in [6.45, 7) is 6.05. The van der Waals surface area contributed by atoms with E-state index in [4.69, 9.17) is 4.74 Å². The Hall–Kier alpha value is -1.26. The number of alkyl carbamates (subject to hydrolysis) is 1. The molecule has 2 aliphatic rings. The maximum Gasteiger partial charge on any atom is 0.407 e. The van der Waals surface area contributed by atoms with Gasteiger partial charge in [-0.3, -0.25) is 4.79 Å². The first kappa shape index (κ1) is 14.2.